The van der Waals surface area contributed by atoms with E-state index in [0.29, 0.717) is 18.1 Å². The molecule has 0 aliphatic carbocycles. The van der Waals surface area contributed by atoms with E-state index in [9.17, 15) is 0 Å². The van der Waals surface area contributed by atoms with Crippen molar-refractivity contribution in [2.24, 2.45) is 0 Å². The third-order valence-corrected chi connectivity index (χ3v) is 2.52. The van der Waals surface area contributed by atoms with Gasteiger partial charge in [-0.2, -0.15) is 4.98 Å². The third kappa shape index (κ3) is 3.85. The summed E-state index contributed by atoms with van der Waals surface area (Å²) in [5.41, 5.74) is 1.11. The van der Waals surface area contributed by atoms with Crippen molar-refractivity contribution in [1.82, 2.24) is 10.1 Å². The second kappa shape index (κ2) is 6.76. The highest BCUT2D eigenvalue weighted by molar-refractivity contribution is 5.42. The van der Waals surface area contributed by atoms with Crippen LogP contribution in [0, 0.1) is 0 Å². The highest BCUT2D eigenvalue weighted by atomic mass is 16.5. The van der Waals surface area contributed by atoms with Crippen LogP contribution in [0.2, 0.25) is 0 Å². The van der Waals surface area contributed by atoms with Crippen molar-refractivity contribution in [2.45, 2.75) is 19.3 Å². The van der Waals surface area contributed by atoms with Crippen LogP contribution in [0.15, 0.2) is 34.9 Å². The van der Waals surface area contributed by atoms with Gasteiger partial charge in [-0.05, 0) is 18.6 Å². The Balaban J connectivity index is 1.68. The Kier molecular flexibility index (Phi) is 4.72. The van der Waals surface area contributed by atoms with Crippen LogP contribution in [0.1, 0.15) is 18.1 Å². The Morgan fingerprint density at radius 2 is 2.00 bits per heavy atom. The molecule has 0 bridgehead atoms. The topological polar surface area (TPSA) is 71.2 Å². The minimum atomic E-state index is 0.0501. The molecule has 2 N–H and O–H groups in total. The Morgan fingerprint density at radius 3 is 2.78 bits per heavy atom. The van der Waals surface area contributed by atoms with E-state index in [2.05, 4.69) is 15.5 Å². The minimum absolute atomic E-state index is 0.0501. The van der Waals surface area contributed by atoms with Gasteiger partial charge < -0.3 is 14.9 Å². The molecule has 0 saturated carbocycles. The van der Waals surface area contributed by atoms with E-state index in [1.54, 1.807) is 0 Å². The number of rotatable bonds is 7. The number of hydrogen-bond donors (Lipinski definition) is 2. The summed E-state index contributed by atoms with van der Waals surface area (Å²) in [5.74, 6) is 1.21. The summed E-state index contributed by atoms with van der Waals surface area (Å²) < 4.78 is 5.07. The van der Waals surface area contributed by atoms with E-state index in [1.165, 1.54) is 0 Å². The first-order valence-corrected chi connectivity index (χ1v) is 6.10. The SMILES string of the molecule is OCCc1noc(CCCNc2ccccc2)n1. The summed E-state index contributed by atoms with van der Waals surface area (Å²) in [6.07, 6.45) is 2.12. The van der Waals surface area contributed by atoms with Gasteiger partial charge in [0.1, 0.15) is 0 Å². The standard InChI is InChI=1S/C13H17N3O2/c17-10-8-12-15-13(18-16-12)7-4-9-14-11-5-2-1-3-6-11/h1-3,5-6,14,17H,4,7-10H2. The number of para-hydroxylation sites is 1. The number of aryl methyl sites for hydroxylation is 1. The van der Waals surface area contributed by atoms with Crippen molar-refractivity contribution in [3.8, 4) is 0 Å². The van der Waals surface area contributed by atoms with Crippen LogP contribution in [-0.2, 0) is 12.8 Å². The lowest BCUT2D eigenvalue weighted by Crippen LogP contribution is -2.03. The molecule has 0 saturated heterocycles. The van der Waals surface area contributed by atoms with Crippen LogP contribution < -0.4 is 5.32 Å². The number of aromatic nitrogens is 2. The zero-order chi connectivity index (χ0) is 12.6. The van der Waals surface area contributed by atoms with Gasteiger partial charge in [0, 0.05) is 25.1 Å². The molecule has 0 spiro atoms. The first-order valence-electron chi connectivity index (χ1n) is 6.10. The fraction of sp³-hybridized carbons (Fsp3) is 0.385. The summed E-state index contributed by atoms with van der Waals surface area (Å²) in [7, 11) is 0. The first kappa shape index (κ1) is 12.6. The summed E-state index contributed by atoms with van der Waals surface area (Å²) in [4.78, 5) is 4.18. The van der Waals surface area contributed by atoms with Crippen LogP contribution in [0.3, 0.4) is 0 Å². The Labute approximate surface area is 106 Å². The number of aliphatic hydroxyl groups excluding tert-OH is 1. The summed E-state index contributed by atoms with van der Waals surface area (Å²) in [6, 6.07) is 10.1. The number of benzene rings is 1. The fourth-order valence-corrected chi connectivity index (χ4v) is 1.62. The van der Waals surface area contributed by atoms with Crippen LogP contribution in [-0.4, -0.2) is 28.4 Å². The fourth-order valence-electron chi connectivity index (χ4n) is 1.62. The predicted octanol–water partition coefficient (Wildman–Crippen LogP) is 1.65. The zero-order valence-corrected chi connectivity index (χ0v) is 10.2. The van der Waals surface area contributed by atoms with Crippen molar-refractivity contribution in [2.75, 3.05) is 18.5 Å². The van der Waals surface area contributed by atoms with Crippen molar-refractivity contribution in [3.63, 3.8) is 0 Å². The van der Waals surface area contributed by atoms with Gasteiger partial charge in [-0.1, -0.05) is 23.4 Å². The monoisotopic (exact) mass is 247 g/mol. The molecule has 0 amide bonds. The van der Waals surface area contributed by atoms with E-state index in [1.807, 2.05) is 30.3 Å². The van der Waals surface area contributed by atoms with Gasteiger partial charge >= 0.3 is 0 Å². The molecular weight excluding hydrogens is 230 g/mol. The van der Waals surface area contributed by atoms with Gasteiger partial charge in [0.15, 0.2) is 5.82 Å². The Morgan fingerprint density at radius 1 is 1.17 bits per heavy atom. The van der Waals surface area contributed by atoms with Crippen molar-refractivity contribution in [1.29, 1.82) is 0 Å². The Bertz CT molecular complexity index is 456. The lowest BCUT2D eigenvalue weighted by molar-refractivity contribution is 0.292. The van der Waals surface area contributed by atoms with Crippen molar-refractivity contribution >= 4 is 5.69 Å². The van der Waals surface area contributed by atoms with Gasteiger partial charge in [-0.15, -0.1) is 0 Å². The van der Waals surface area contributed by atoms with E-state index >= 15 is 0 Å². The van der Waals surface area contributed by atoms with Crippen molar-refractivity contribution in [3.05, 3.63) is 42.0 Å². The number of anilines is 1. The van der Waals surface area contributed by atoms with E-state index in [0.717, 1.165) is 25.1 Å². The molecule has 0 aliphatic heterocycles. The lowest BCUT2D eigenvalue weighted by atomic mass is 10.3. The molecule has 96 valence electrons. The van der Waals surface area contributed by atoms with Crippen LogP contribution in [0.5, 0.6) is 0 Å². The van der Waals surface area contributed by atoms with Gasteiger partial charge in [-0.25, -0.2) is 0 Å². The lowest BCUT2D eigenvalue weighted by Gasteiger charge is -2.03. The van der Waals surface area contributed by atoms with E-state index < -0.39 is 0 Å². The molecule has 0 radical (unpaired) electrons. The molecular formula is C13H17N3O2. The molecule has 1 heterocycles. The molecule has 5 nitrogen and oxygen atoms in total. The quantitative estimate of drug-likeness (QED) is 0.728. The maximum atomic E-state index is 8.74. The number of nitrogens with zero attached hydrogens (tertiary/aromatic N) is 2. The van der Waals surface area contributed by atoms with Crippen LogP contribution >= 0.6 is 0 Å². The smallest absolute Gasteiger partial charge is 0.226 e. The maximum absolute atomic E-state index is 8.74. The van der Waals surface area contributed by atoms with E-state index in [-0.39, 0.29) is 6.61 Å². The molecule has 0 aliphatic rings. The van der Waals surface area contributed by atoms with Crippen LogP contribution in [0.25, 0.3) is 0 Å². The van der Waals surface area contributed by atoms with Gasteiger partial charge in [0.25, 0.3) is 0 Å². The summed E-state index contributed by atoms with van der Waals surface area (Å²) >= 11 is 0. The molecule has 0 atom stereocenters. The molecule has 2 rings (SSSR count). The number of aliphatic hydroxyl groups is 1. The predicted molar refractivity (Wildman–Crippen MR) is 68.3 cm³/mol. The molecule has 0 unspecified atom stereocenters. The molecule has 2 aromatic rings. The second-order valence-corrected chi connectivity index (χ2v) is 3.97. The molecule has 1 aromatic carbocycles. The highest BCUT2D eigenvalue weighted by Gasteiger charge is 2.04. The number of hydrogen-bond acceptors (Lipinski definition) is 5. The average Bonchev–Trinajstić information content (AvgIpc) is 2.84. The maximum Gasteiger partial charge on any atom is 0.226 e. The van der Waals surface area contributed by atoms with Gasteiger partial charge in [0.05, 0.1) is 6.61 Å². The normalized spacial score (nSPS) is 10.5. The molecule has 0 fully saturated rings. The molecule has 1 aromatic heterocycles. The Hall–Kier alpha value is -1.88. The first-order chi connectivity index (χ1) is 8.88. The minimum Gasteiger partial charge on any atom is -0.396 e. The van der Waals surface area contributed by atoms with E-state index in [4.69, 9.17) is 9.63 Å². The van der Waals surface area contributed by atoms with Gasteiger partial charge in [-0.3, -0.25) is 0 Å². The molecule has 18 heavy (non-hydrogen) atoms. The van der Waals surface area contributed by atoms with Gasteiger partial charge in [0.2, 0.25) is 5.89 Å². The van der Waals surface area contributed by atoms with Crippen LogP contribution in [0.4, 0.5) is 5.69 Å². The third-order valence-electron chi connectivity index (χ3n) is 2.52. The summed E-state index contributed by atoms with van der Waals surface area (Å²) in [6.45, 7) is 0.913. The average molecular weight is 247 g/mol. The largest absolute Gasteiger partial charge is 0.396 e. The summed E-state index contributed by atoms with van der Waals surface area (Å²) in [5, 5.41) is 15.8. The highest BCUT2D eigenvalue weighted by Crippen LogP contribution is 2.06. The molecule has 5 heteroatoms. The second-order valence-electron chi connectivity index (χ2n) is 3.97. The zero-order valence-electron chi connectivity index (χ0n) is 10.2. The van der Waals surface area contributed by atoms with Crippen molar-refractivity contribution < 1.29 is 9.63 Å². The number of nitrogens with one attached hydrogen (secondary N) is 1.